The van der Waals surface area contributed by atoms with E-state index < -0.39 is 10.0 Å². The van der Waals surface area contributed by atoms with Gasteiger partial charge in [0.1, 0.15) is 0 Å². The van der Waals surface area contributed by atoms with Crippen molar-refractivity contribution in [3.63, 3.8) is 0 Å². The lowest BCUT2D eigenvalue weighted by Gasteiger charge is -2.21. The predicted octanol–water partition coefficient (Wildman–Crippen LogP) is 4.59. The molecule has 0 atom stereocenters. The van der Waals surface area contributed by atoms with Gasteiger partial charge in [0.05, 0.1) is 4.90 Å². The molecular formula is C21H23NO2S. The van der Waals surface area contributed by atoms with E-state index in [1.54, 1.807) is 7.05 Å². The maximum absolute atomic E-state index is 13.2. The Kier molecular flexibility index (Phi) is 4.67. The molecule has 0 aliphatic rings. The SMILES string of the molecule is Cc1cc(C)c(S(=O)(=O)N(C)Cc2cccc3ccccc23)c(C)c1. The van der Waals surface area contributed by atoms with Crippen LogP contribution in [0.5, 0.6) is 0 Å². The summed E-state index contributed by atoms with van der Waals surface area (Å²) in [6.45, 7) is 6.05. The van der Waals surface area contributed by atoms with Crippen molar-refractivity contribution in [3.8, 4) is 0 Å². The molecule has 0 saturated heterocycles. The fourth-order valence-electron chi connectivity index (χ4n) is 3.48. The first-order valence-corrected chi connectivity index (χ1v) is 9.75. The van der Waals surface area contributed by atoms with Crippen molar-refractivity contribution in [2.45, 2.75) is 32.2 Å². The average Bonchev–Trinajstić information content (AvgIpc) is 2.54. The van der Waals surface area contributed by atoms with Gasteiger partial charge >= 0.3 is 0 Å². The smallest absolute Gasteiger partial charge is 0.207 e. The number of hydrogen-bond donors (Lipinski definition) is 0. The minimum Gasteiger partial charge on any atom is -0.207 e. The molecule has 3 aromatic rings. The molecule has 0 bridgehead atoms. The summed E-state index contributed by atoms with van der Waals surface area (Å²) in [5.41, 5.74) is 3.67. The third-order valence-corrected chi connectivity index (χ3v) is 6.66. The first-order valence-electron chi connectivity index (χ1n) is 8.31. The molecule has 0 radical (unpaired) electrons. The van der Waals surface area contributed by atoms with Crippen LogP contribution in [-0.4, -0.2) is 19.8 Å². The van der Waals surface area contributed by atoms with Crippen LogP contribution in [0.3, 0.4) is 0 Å². The van der Waals surface area contributed by atoms with Gasteiger partial charge in [-0.3, -0.25) is 0 Å². The van der Waals surface area contributed by atoms with E-state index in [2.05, 4.69) is 0 Å². The lowest BCUT2D eigenvalue weighted by Crippen LogP contribution is -2.28. The molecule has 0 amide bonds. The largest absolute Gasteiger partial charge is 0.243 e. The molecule has 4 heteroatoms. The summed E-state index contributed by atoms with van der Waals surface area (Å²) in [5, 5.41) is 2.21. The van der Waals surface area contributed by atoms with Crippen molar-refractivity contribution in [2.75, 3.05) is 7.05 Å². The third-order valence-electron chi connectivity index (χ3n) is 4.55. The van der Waals surface area contributed by atoms with Gasteiger partial charge in [0.2, 0.25) is 10.0 Å². The van der Waals surface area contributed by atoms with Crippen molar-refractivity contribution in [1.29, 1.82) is 0 Å². The summed E-state index contributed by atoms with van der Waals surface area (Å²) in [6.07, 6.45) is 0. The number of fused-ring (bicyclic) bond motifs is 1. The molecule has 0 unspecified atom stereocenters. The van der Waals surface area contributed by atoms with Crippen LogP contribution in [-0.2, 0) is 16.6 Å². The molecule has 0 aliphatic heterocycles. The van der Waals surface area contributed by atoms with E-state index in [1.165, 1.54) is 4.31 Å². The standard InChI is InChI=1S/C21H23NO2S/c1-15-12-16(2)21(17(3)13-15)25(23,24)22(4)14-19-10-7-9-18-8-5-6-11-20(18)19/h5-13H,14H2,1-4H3. The van der Waals surface area contributed by atoms with Gasteiger partial charge in [-0.05, 0) is 48.2 Å². The number of rotatable bonds is 4. The van der Waals surface area contributed by atoms with Gasteiger partial charge < -0.3 is 0 Å². The highest BCUT2D eigenvalue weighted by atomic mass is 32.2. The fourth-order valence-corrected chi connectivity index (χ4v) is 5.04. The first kappa shape index (κ1) is 17.6. The molecule has 0 aromatic heterocycles. The van der Waals surface area contributed by atoms with E-state index in [0.29, 0.717) is 11.4 Å². The Balaban J connectivity index is 2.01. The zero-order valence-electron chi connectivity index (χ0n) is 15.1. The molecule has 3 aromatic carbocycles. The summed E-state index contributed by atoms with van der Waals surface area (Å²) in [4.78, 5) is 0.417. The zero-order valence-corrected chi connectivity index (χ0v) is 15.9. The Hall–Kier alpha value is -2.17. The number of nitrogens with zero attached hydrogens (tertiary/aromatic N) is 1. The normalized spacial score (nSPS) is 12.0. The van der Waals surface area contributed by atoms with E-state index >= 15 is 0 Å². The summed E-state index contributed by atoms with van der Waals surface area (Å²) < 4.78 is 27.7. The summed E-state index contributed by atoms with van der Waals surface area (Å²) in [6, 6.07) is 17.9. The van der Waals surface area contributed by atoms with Crippen molar-refractivity contribution < 1.29 is 8.42 Å². The maximum Gasteiger partial charge on any atom is 0.243 e. The van der Waals surface area contributed by atoms with E-state index in [1.807, 2.05) is 75.4 Å². The number of sulfonamides is 1. The van der Waals surface area contributed by atoms with Crippen molar-refractivity contribution in [1.82, 2.24) is 4.31 Å². The number of hydrogen-bond acceptors (Lipinski definition) is 2. The Bertz CT molecular complexity index is 1010. The molecule has 3 rings (SSSR count). The number of aryl methyl sites for hydroxylation is 3. The van der Waals surface area contributed by atoms with Gasteiger partial charge in [0, 0.05) is 13.6 Å². The van der Waals surface area contributed by atoms with E-state index in [4.69, 9.17) is 0 Å². The molecule has 0 spiro atoms. The predicted molar refractivity (Wildman–Crippen MR) is 103 cm³/mol. The molecule has 0 heterocycles. The number of benzene rings is 3. The fraction of sp³-hybridized carbons (Fsp3) is 0.238. The maximum atomic E-state index is 13.2. The van der Waals surface area contributed by atoms with Crippen LogP contribution in [0.25, 0.3) is 10.8 Å². The van der Waals surface area contributed by atoms with Crippen molar-refractivity contribution in [3.05, 3.63) is 76.9 Å². The molecule has 25 heavy (non-hydrogen) atoms. The molecule has 3 nitrogen and oxygen atoms in total. The first-order chi connectivity index (χ1) is 11.8. The van der Waals surface area contributed by atoms with Crippen molar-refractivity contribution in [2.24, 2.45) is 0 Å². The van der Waals surface area contributed by atoms with Gasteiger partial charge in [-0.25, -0.2) is 8.42 Å². The van der Waals surface area contributed by atoms with E-state index in [-0.39, 0.29) is 0 Å². The van der Waals surface area contributed by atoms with Gasteiger partial charge in [-0.15, -0.1) is 0 Å². The highest BCUT2D eigenvalue weighted by Gasteiger charge is 2.25. The van der Waals surface area contributed by atoms with Crippen LogP contribution < -0.4 is 0 Å². The third kappa shape index (κ3) is 3.32. The summed E-state index contributed by atoms with van der Waals surface area (Å²) >= 11 is 0. The van der Waals surface area contributed by atoms with Crippen LogP contribution in [0.15, 0.2) is 59.5 Å². The second-order valence-corrected chi connectivity index (χ2v) is 8.61. The Morgan fingerprint density at radius 3 is 2.16 bits per heavy atom. The minimum atomic E-state index is -3.55. The Labute approximate surface area is 150 Å². The molecule has 0 fully saturated rings. The zero-order chi connectivity index (χ0) is 18.2. The highest BCUT2D eigenvalue weighted by molar-refractivity contribution is 7.89. The Morgan fingerprint density at radius 2 is 1.48 bits per heavy atom. The average molecular weight is 353 g/mol. The second kappa shape index (κ2) is 6.62. The van der Waals surface area contributed by atoms with Crippen LogP contribution in [0, 0.1) is 20.8 Å². The summed E-state index contributed by atoms with van der Waals surface area (Å²) in [7, 11) is -1.90. The van der Waals surface area contributed by atoms with E-state index in [9.17, 15) is 8.42 Å². The van der Waals surface area contributed by atoms with Crippen LogP contribution >= 0.6 is 0 Å². The quantitative estimate of drug-likeness (QED) is 0.688. The van der Waals surface area contributed by atoms with Crippen molar-refractivity contribution >= 4 is 20.8 Å². The van der Waals surface area contributed by atoms with Crippen LogP contribution in [0.1, 0.15) is 22.3 Å². The molecule has 0 aliphatic carbocycles. The van der Waals surface area contributed by atoms with Gasteiger partial charge in [-0.2, -0.15) is 4.31 Å². The molecule has 0 N–H and O–H groups in total. The monoisotopic (exact) mass is 353 g/mol. The van der Waals surface area contributed by atoms with Gasteiger partial charge in [0.15, 0.2) is 0 Å². The van der Waals surface area contributed by atoms with E-state index in [0.717, 1.165) is 33.0 Å². The Morgan fingerprint density at radius 1 is 0.880 bits per heavy atom. The highest BCUT2D eigenvalue weighted by Crippen LogP contribution is 2.27. The minimum absolute atomic E-state index is 0.344. The molecular weight excluding hydrogens is 330 g/mol. The van der Waals surface area contributed by atoms with Gasteiger partial charge in [0.25, 0.3) is 0 Å². The van der Waals surface area contributed by atoms with Crippen LogP contribution in [0.4, 0.5) is 0 Å². The van der Waals surface area contributed by atoms with Gasteiger partial charge in [-0.1, -0.05) is 60.2 Å². The molecule has 130 valence electrons. The topological polar surface area (TPSA) is 37.4 Å². The molecule has 0 saturated carbocycles. The summed E-state index contributed by atoms with van der Waals surface area (Å²) in [5.74, 6) is 0. The second-order valence-electron chi connectivity index (χ2n) is 6.63. The van der Waals surface area contributed by atoms with Crippen LogP contribution in [0.2, 0.25) is 0 Å². The lowest BCUT2D eigenvalue weighted by molar-refractivity contribution is 0.467. The lowest BCUT2D eigenvalue weighted by atomic mass is 10.0.